The van der Waals surface area contributed by atoms with E-state index in [9.17, 15) is 4.79 Å². The molecule has 18 heavy (non-hydrogen) atoms. The first-order chi connectivity index (χ1) is 8.45. The predicted molar refractivity (Wildman–Crippen MR) is 75.3 cm³/mol. The van der Waals surface area contributed by atoms with Gasteiger partial charge in [-0.25, -0.2) is 0 Å². The van der Waals surface area contributed by atoms with Gasteiger partial charge in [-0.3, -0.25) is 4.79 Å². The number of nitrogens with zero attached hydrogens (tertiary/aromatic N) is 1. The van der Waals surface area contributed by atoms with Crippen molar-refractivity contribution in [2.24, 2.45) is 5.73 Å². The average Bonchev–Trinajstić information content (AvgIpc) is 2.37. The highest BCUT2D eigenvalue weighted by molar-refractivity contribution is 5.81. The molecule has 3 heteroatoms. The summed E-state index contributed by atoms with van der Waals surface area (Å²) >= 11 is 0. The van der Waals surface area contributed by atoms with Crippen LogP contribution in [0.1, 0.15) is 44.2 Å². The number of carbonyl (C=O) groups excluding carboxylic acids is 1. The summed E-state index contributed by atoms with van der Waals surface area (Å²) in [4.78, 5) is 13.5. The molecule has 0 fully saturated rings. The molecule has 0 aliphatic carbocycles. The number of amides is 1. The summed E-state index contributed by atoms with van der Waals surface area (Å²) in [6.07, 6.45) is 0.676. The minimum absolute atomic E-state index is 0.00503. The number of rotatable bonds is 5. The third-order valence-corrected chi connectivity index (χ3v) is 3.20. The number of hydrogen-bond acceptors (Lipinski definition) is 2. The van der Waals surface area contributed by atoms with Crippen LogP contribution in [0, 0.1) is 0 Å². The maximum Gasteiger partial charge on any atom is 0.239 e. The number of carbonyl (C=O) groups is 1. The maximum atomic E-state index is 11.9. The van der Waals surface area contributed by atoms with Crippen LogP contribution in [0.4, 0.5) is 0 Å². The summed E-state index contributed by atoms with van der Waals surface area (Å²) in [5, 5.41) is 0. The largest absolute Gasteiger partial charge is 0.340 e. The van der Waals surface area contributed by atoms with E-state index < -0.39 is 0 Å². The molecule has 0 aliphatic rings. The fraction of sp³-hybridized carbons (Fsp3) is 0.533. The Hall–Kier alpha value is -1.35. The average molecular weight is 248 g/mol. The number of benzene rings is 1. The lowest BCUT2D eigenvalue weighted by atomic mass is 10.0. The molecule has 0 saturated heterocycles. The normalized spacial score (nSPS) is 12.6. The van der Waals surface area contributed by atoms with E-state index in [4.69, 9.17) is 5.73 Å². The van der Waals surface area contributed by atoms with E-state index in [1.807, 2.05) is 6.92 Å². The van der Waals surface area contributed by atoms with Crippen LogP contribution in [0.2, 0.25) is 0 Å². The molecule has 100 valence electrons. The molecule has 0 radical (unpaired) electrons. The molecule has 1 rings (SSSR count). The zero-order valence-corrected chi connectivity index (χ0v) is 11.8. The lowest BCUT2D eigenvalue weighted by Crippen LogP contribution is -2.40. The Labute approximate surface area is 110 Å². The summed E-state index contributed by atoms with van der Waals surface area (Å²) in [5.41, 5.74) is 8.20. The second-order valence-electron chi connectivity index (χ2n) is 5.11. The van der Waals surface area contributed by atoms with Gasteiger partial charge in [0, 0.05) is 13.6 Å². The van der Waals surface area contributed by atoms with Crippen molar-refractivity contribution in [2.45, 2.75) is 45.7 Å². The van der Waals surface area contributed by atoms with Gasteiger partial charge >= 0.3 is 0 Å². The second kappa shape index (κ2) is 6.55. The van der Waals surface area contributed by atoms with Crippen molar-refractivity contribution in [2.75, 3.05) is 7.05 Å². The smallest absolute Gasteiger partial charge is 0.239 e. The lowest BCUT2D eigenvalue weighted by Gasteiger charge is -2.20. The van der Waals surface area contributed by atoms with E-state index in [0.717, 1.165) is 5.56 Å². The van der Waals surface area contributed by atoms with E-state index in [0.29, 0.717) is 18.9 Å². The van der Waals surface area contributed by atoms with Crippen molar-refractivity contribution in [3.63, 3.8) is 0 Å². The Kier molecular flexibility index (Phi) is 5.35. The topological polar surface area (TPSA) is 46.3 Å². The lowest BCUT2D eigenvalue weighted by molar-refractivity contribution is -0.131. The molecule has 0 heterocycles. The molecule has 1 aromatic carbocycles. The SMILES string of the molecule is CC[C@H](N)C(=O)N(C)Cc1ccc(C(C)C)cc1. The molecule has 1 aromatic rings. The number of likely N-dealkylation sites (N-methyl/N-ethyl adjacent to an activating group) is 1. The molecule has 0 bridgehead atoms. The molecule has 3 nitrogen and oxygen atoms in total. The number of hydrogen-bond donors (Lipinski definition) is 1. The standard InChI is InChI=1S/C15H24N2O/c1-5-14(16)15(18)17(4)10-12-6-8-13(9-7-12)11(2)3/h6-9,11,14H,5,10,16H2,1-4H3/t14-/m0/s1. The van der Waals surface area contributed by atoms with Crippen LogP contribution >= 0.6 is 0 Å². The van der Waals surface area contributed by atoms with E-state index in [1.54, 1.807) is 11.9 Å². The van der Waals surface area contributed by atoms with Crippen molar-refractivity contribution in [3.05, 3.63) is 35.4 Å². The van der Waals surface area contributed by atoms with Crippen molar-refractivity contribution >= 4 is 5.91 Å². The fourth-order valence-electron chi connectivity index (χ4n) is 1.82. The third kappa shape index (κ3) is 3.84. The zero-order valence-electron chi connectivity index (χ0n) is 11.8. The first kappa shape index (κ1) is 14.7. The highest BCUT2D eigenvalue weighted by Crippen LogP contribution is 2.15. The molecule has 0 unspecified atom stereocenters. The highest BCUT2D eigenvalue weighted by Gasteiger charge is 2.16. The molecule has 0 aliphatic heterocycles. The van der Waals surface area contributed by atoms with Gasteiger partial charge in [-0.15, -0.1) is 0 Å². The minimum Gasteiger partial charge on any atom is -0.340 e. The van der Waals surface area contributed by atoms with Gasteiger partial charge in [0.1, 0.15) is 0 Å². The second-order valence-corrected chi connectivity index (χ2v) is 5.11. The number of nitrogens with two attached hydrogens (primary N) is 1. The van der Waals surface area contributed by atoms with Crippen LogP contribution in [-0.4, -0.2) is 23.9 Å². The van der Waals surface area contributed by atoms with Gasteiger partial charge in [0.05, 0.1) is 6.04 Å². The molecular formula is C15H24N2O. The van der Waals surface area contributed by atoms with Crippen molar-refractivity contribution in [3.8, 4) is 0 Å². The summed E-state index contributed by atoms with van der Waals surface area (Å²) in [7, 11) is 1.80. The van der Waals surface area contributed by atoms with Crippen LogP contribution in [-0.2, 0) is 11.3 Å². The van der Waals surface area contributed by atoms with Crippen molar-refractivity contribution in [1.29, 1.82) is 0 Å². The Balaban J connectivity index is 2.64. The zero-order chi connectivity index (χ0) is 13.7. The van der Waals surface area contributed by atoms with Gasteiger partial charge < -0.3 is 10.6 Å². The van der Waals surface area contributed by atoms with Crippen LogP contribution in [0.5, 0.6) is 0 Å². The molecule has 1 atom stereocenters. The van der Waals surface area contributed by atoms with E-state index in [2.05, 4.69) is 38.1 Å². The Morgan fingerprint density at radius 1 is 1.28 bits per heavy atom. The van der Waals surface area contributed by atoms with Crippen LogP contribution in [0.15, 0.2) is 24.3 Å². The monoisotopic (exact) mass is 248 g/mol. The Morgan fingerprint density at radius 2 is 1.83 bits per heavy atom. The third-order valence-electron chi connectivity index (χ3n) is 3.20. The molecule has 2 N–H and O–H groups in total. The van der Waals surface area contributed by atoms with E-state index in [-0.39, 0.29) is 11.9 Å². The predicted octanol–water partition coefficient (Wildman–Crippen LogP) is 2.51. The van der Waals surface area contributed by atoms with Gasteiger partial charge in [0.2, 0.25) is 5.91 Å². The highest BCUT2D eigenvalue weighted by atomic mass is 16.2. The summed E-state index contributed by atoms with van der Waals surface area (Å²) in [5.74, 6) is 0.539. The van der Waals surface area contributed by atoms with Gasteiger partial charge in [0.25, 0.3) is 0 Å². The van der Waals surface area contributed by atoms with Crippen molar-refractivity contribution in [1.82, 2.24) is 4.90 Å². The Bertz CT molecular complexity index is 384. The van der Waals surface area contributed by atoms with Crippen LogP contribution in [0.25, 0.3) is 0 Å². The van der Waals surface area contributed by atoms with Gasteiger partial charge in [-0.1, -0.05) is 45.0 Å². The molecule has 0 aromatic heterocycles. The fourth-order valence-corrected chi connectivity index (χ4v) is 1.82. The van der Waals surface area contributed by atoms with Gasteiger partial charge in [0.15, 0.2) is 0 Å². The molecular weight excluding hydrogens is 224 g/mol. The van der Waals surface area contributed by atoms with Crippen LogP contribution in [0.3, 0.4) is 0 Å². The minimum atomic E-state index is -0.384. The first-order valence-electron chi connectivity index (χ1n) is 6.55. The molecule has 0 saturated carbocycles. The first-order valence-corrected chi connectivity index (χ1v) is 6.55. The quantitative estimate of drug-likeness (QED) is 0.870. The molecule has 1 amide bonds. The molecule has 0 spiro atoms. The van der Waals surface area contributed by atoms with Gasteiger partial charge in [-0.05, 0) is 23.5 Å². The summed E-state index contributed by atoms with van der Waals surface area (Å²) in [6, 6.07) is 8.02. The van der Waals surface area contributed by atoms with Crippen molar-refractivity contribution < 1.29 is 4.79 Å². The van der Waals surface area contributed by atoms with E-state index >= 15 is 0 Å². The van der Waals surface area contributed by atoms with Crippen LogP contribution < -0.4 is 5.73 Å². The summed E-state index contributed by atoms with van der Waals surface area (Å²) < 4.78 is 0. The van der Waals surface area contributed by atoms with Gasteiger partial charge in [-0.2, -0.15) is 0 Å². The van der Waals surface area contributed by atoms with E-state index in [1.165, 1.54) is 5.56 Å². The summed E-state index contributed by atoms with van der Waals surface area (Å²) in [6.45, 7) is 6.88. The maximum absolute atomic E-state index is 11.9. The Morgan fingerprint density at radius 3 is 2.28 bits per heavy atom.